The molecule has 3 aromatic rings. The van der Waals surface area contributed by atoms with Gasteiger partial charge in [0.25, 0.3) is 0 Å². The second-order valence-electron chi connectivity index (χ2n) is 7.81. The Morgan fingerprint density at radius 1 is 1.42 bits per heavy atom. The molecule has 7 nitrogen and oxygen atoms in total. The monoisotopic (exact) mass is 374 g/mol. The van der Waals surface area contributed by atoms with E-state index in [1.54, 1.807) is 17.7 Å². The number of hydrogen-bond donors (Lipinski definition) is 1. The van der Waals surface area contributed by atoms with Crippen LogP contribution in [0.4, 0.5) is 0 Å². The fraction of sp³-hybridized carbons (Fsp3) is 0.611. The highest BCUT2D eigenvalue weighted by atomic mass is 32.1. The largest absolute Gasteiger partial charge is 0.372 e. The molecule has 138 valence electrons. The second-order valence-corrected chi connectivity index (χ2v) is 8.90. The average Bonchev–Trinajstić information content (AvgIpc) is 3.31. The molecule has 0 spiro atoms. The zero-order valence-electron chi connectivity index (χ0n) is 15.2. The van der Waals surface area contributed by atoms with Crippen molar-refractivity contribution in [2.75, 3.05) is 13.2 Å². The predicted octanol–water partition coefficient (Wildman–Crippen LogP) is 1.43. The maximum absolute atomic E-state index is 5.96. The van der Waals surface area contributed by atoms with Crippen LogP contribution in [0.25, 0.3) is 15.9 Å². The highest BCUT2D eigenvalue weighted by Gasteiger charge is 2.30. The van der Waals surface area contributed by atoms with Crippen molar-refractivity contribution in [1.82, 2.24) is 19.6 Å². The van der Waals surface area contributed by atoms with Crippen LogP contribution in [-0.2, 0) is 29.0 Å². The summed E-state index contributed by atoms with van der Waals surface area (Å²) in [5.74, 6) is 0.851. The third-order valence-corrected chi connectivity index (χ3v) is 6.35. The van der Waals surface area contributed by atoms with E-state index >= 15 is 0 Å². The van der Waals surface area contributed by atoms with Gasteiger partial charge >= 0.3 is 0 Å². The van der Waals surface area contributed by atoms with Gasteiger partial charge in [0.05, 0.1) is 17.6 Å². The molecule has 0 aromatic carbocycles. The van der Waals surface area contributed by atoms with Crippen LogP contribution < -0.4 is 5.32 Å². The first-order chi connectivity index (χ1) is 12.6. The number of quaternary nitrogens is 1. The zero-order chi connectivity index (χ0) is 17.7. The first kappa shape index (κ1) is 16.6. The molecule has 0 aliphatic carbocycles. The van der Waals surface area contributed by atoms with Crippen LogP contribution in [0.5, 0.6) is 0 Å². The minimum Gasteiger partial charge on any atom is -0.372 e. The van der Waals surface area contributed by atoms with E-state index < -0.39 is 0 Å². The van der Waals surface area contributed by atoms with Crippen molar-refractivity contribution < 1.29 is 14.8 Å². The minimum atomic E-state index is -0.147. The predicted molar refractivity (Wildman–Crippen MR) is 98.2 cm³/mol. The summed E-state index contributed by atoms with van der Waals surface area (Å²) in [6.07, 6.45) is 5.39. The van der Waals surface area contributed by atoms with Crippen LogP contribution in [0.2, 0.25) is 0 Å². The molecule has 3 aromatic heterocycles. The fourth-order valence-corrected chi connectivity index (χ4v) is 4.97. The maximum atomic E-state index is 5.96. The number of fused-ring (bicyclic) bond motifs is 5. The normalized spacial score (nSPS) is 22.3. The van der Waals surface area contributed by atoms with E-state index in [1.165, 1.54) is 23.3 Å². The van der Waals surface area contributed by atoms with Crippen LogP contribution in [0, 0.1) is 0 Å². The van der Waals surface area contributed by atoms with E-state index in [0.29, 0.717) is 12.7 Å². The molecule has 5 heterocycles. The first-order valence-electron chi connectivity index (χ1n) is 9.31. The van der Waals surface area contributed by atoms with Gasteiger partial charge in [-0.3, -0.25) is 0 Å². The van der Waals surface area contributed by atoms with Crippen molar-refractivity contribution >= 4 is 27.2 Å². The third kappa shape index (κ3) is 2.90. The van der Waals surface area contributed by atoms with Gasteiger partial charge in [-0.1, -0.05) is 0 Å². The Labute approximate surface area is 155 Å². The average molecular weight is 374 g/mol. The molecule has 0 unspecified atom stereocenters. The maximum Gasteiger partial charge on any atom is 0.206 e. The minimum absolute atomic E-state index is 0.147. The van der Waals surface area contributed by atoms with Gasteiger partial charge in [0.1, 0.15) is 30.4 Å². The van der Waals surface area contributed by atoms with Crippen LogP contribution >= 0.6 is 11.3 Å². The van der Waals surface area contributed by atoms with Crippen LogP contribution in [0.1, 0.15) is 43.0 Å². The zero-order valence-corrected chi connectivity index (χ0v) is 16.0. The molecule has 1 atom stereocenters. The summed E-state index contributed by atoms with van der Waals surface area (Å²) >= 11 is 1.72. The second kappa shape index (κ2) is 6.23. The van der Waals surface area contributed by atoms with Gasteiger partial charge < -0.3 is 14.8 Å². The Balaban J connectivity index is 1.46. The highest BCUT2D eigenvalue weighted by molar-refractivity contribution is 7.19. The van der Waals surface area contributed by atoms with E-state index in [-0.39, 0.29) is 5.60 Å². The molecule has 5 rings (SSSR count). The summed E-state index contributed by atoms with van der Waals surface area (Å²) in [5.41, 5.74) is 2.11. The smallest absolute Gasteiger partial charge is 0.206 e. The number of thiophene rings is 1. The Morgan fingerprint density at radius 3 is 3.19 bits per heavy atom. The van der Waals surface area contributed by atoms with Gasteiger partial charge in [-0.25, -0.2) is 14.5 Å². The van der Waals surface area contributed by atoms with Gasteiger partial charge in [-0.15, -0.1) is 16.4 Å². The molecule has 0 bridgehead atoms. The third-order valence-electron chi connectivity index (χ3n) is 5.23. The number of hydrogen-bond acceptors (Lipinski definition) is 6. The lowest BCUT2D eigenvalue weighted by Crippen LogP contribution is -2.84. The van der Waals surface area contributed by atoms with E-state index in [9.17, 15) is 0 Å². The number of aromatic nitrogens is 4. The van der Waals surface area contributed by atoms with Crippen molar-refractivity contribution in [1.29, 1.82) is 0 Å². The van der Waals surface area contributed by atoms with E-state index in [1.807, 2.05) is 4.52 Å². The molecular weight excluding hydrogens is 350 g/mol. The van der Waals surface area contributed by atoms with E-state index in [4.69, 9.17) is 14.5 Å². The lowest BCUT2D eigenvalue weighted by atomic mass is 9.94. The van der Waals surface area contributed by atoms with Crippen molar-refractivity contribution in [2.45, 2.75) is 58.0 Å². The molecule has 1 saturated heterocycles. The van der Waals surface area contributed by atoms with E-state index in [0.717, 1.165) is 47.8 Å². The molecule has 1 fully saturated rings. The summed E-state index contributed by atoms with van der Waals surface area (Å²) in [5, 5.41) is 8.04. The fourth-order valence-electron chi connectivity index (χ4n) is 3.90. The molecule has 2 N–H and O–H groups in total. The number of rotatable bonds is 4. The SMILES string of the molecule is CC1(C)Cc2c(sc3ncn4nc(C[NH2+]C[C@H]5CCCO5)nc4c23)CO1. The van der Waals surface area contributed by atoms with Crippen molar-refractivity contribution in [3.63, 3.8) is 0 Å². The van der Waals surface area contributed by atoms with Crippen LogP contribution in [0.15, 0.2) is 6.33 Å². The van der Waals surface area contributed by atoms with Crippen LogP contribution in [0.3, 0.4) is 0 Å². The molecule has 8 heteroatoms. The van der Waals surface area contributed by atoms with Gasteiger partial charge in [-0.2, -0.15) is 0 Å². The molecule has 2 aliphatic rings. The summed E-state index contributed by atoms with van der Waals surface area (Å²) in [7, 11) is 0. The lowest BCUT2D eigenvalue weighted by molar-refractivity contribution is -0.677. The summed E-state index contributed by atoms with van der Waals surface area (Å²) in [4.78, 5) is 11.8. The number of nitrogens with two attached hydrogens (primary N) is 1. The Kier molecular flexibility index (Phi) is 3.97. The summed E-state index contributed by atoms with van der Waals surface area (Å²) in [6, 6.07) is 0. The number of nitrogens with zero attached hydrogens (tertiary/aromatic N) is 4. The van der Waals surface area contributed by atoms with Crippen molar-refractivity contribution in [3.05, 3.63) is 22.6 Å². The number of ether oxygens (including phenoxy) is 2. The summed E-state index contributed by atoms with van der Waals surface area (Å²) < 4.78 is 13.5. The lowest BCUT2D eigenvalue weighted by Gasteiger charge is -2.30. The van der Waals surface area contributed by atoms with Crippen molar-refractivity contribution in [3.8, 4) is 0 Å². The quantitative estimate of drug-likeness (QED) is 0.748. The van der Waals surface area contributed by atoms with Gasteiger partial charge in [0, 0.05) is 17.9 Å². The molecular formula is C18H24N5O2S+. The van der Waals surface area contributed by atoms with Crippen molar-refractivity contribution in [2.24, 2.45) is 0 Å². The molecule has 2 aliphatic heterocycles. The Bertz CT molecular complexity index is 957. The van der Waals surface area contributed by atoms with Gasteiger partial charge in [0.2, 0.25) is 5.82 Å². The standard InChI is InChI=1S/C18H23N5O2S/c1-18(2)6-12-13(9-25-18)26-17-15(12)16-21-14(22-23(16)10-20-17)8-19-7-11-4-3-5-24-11/h10-11,19H,3-9H2,1-2H3/p+1/t11-/m1/s1. The summed E-state index contributed by atoms with van der Waals surface area (Å²) in [6.45, 7) is 7.58. The highest BCUT2D eigenvalue weighted by Crippen LogP contribution is 2.39. The Hall–Kier alpha value is -1.61. The molecule has 0 radical (unpaired) electrons. The molecule has 0 amide bonds. The Morgan fingerprint density at radius 2 is 2.35 bits per heavy atom. The molecule has 0 saturated carbocycles. The first-order valence-corrected chi connectivity index (χ1v) is 10.1. The topological polar surface area (TPSA) is 78.2 Å². The molecule has 26 heavy (non-hydrogen) atoms. The van der Waals surface area contributed by atoms with Gasteiger partial charge in [-0.05, 0) is 32.3 Å². The van der Waals surface area contributed by atoms with Crippen LogP contribution in [-0.4, -0.2) is 44.4 Å². The van der Waals surface area contributed by atoms with Gasteiger partial charge in [0.15, 0.2) is 5.65 Å². The van der Waals surface area contributed by atoms with E-state index in [2.05, 4.69) is 29.2 Å².